The number of aromatic nitrogens is 1. The lowest BCUT2D eigenvalue weighted by atomic mass is 10.3. The molecule has 1 saturated heterocycles. The zero-order chi connectivity index (χ0) is 17.5. The van der Waals surface area contributed by atoms with Gasteiger partial charge < -0.3 is 5.32 Å². The molecule has 0 radical (unpaired) electrons. The van der Waals surface area contributed by atoms with Crippen molar-refractivity contribution in [3.8, 4) is 0 Å². The van der Waals surface area contributed by atoms with Crippen LogP contribution in [0.2, 0.25) is 0 Å². The third kappa shape index (κ3) is 3.27. The van der Waals surface area contributed by atoms with Crippen molar-refractivity contribution in [1.29, 1.82) is 0 Å². The Balaban J connectivity index is 1.76. The number of nitrogens with two attached hydrogens (primary N) is 1. The van der Waals surface area contributed by atoms with Crippen molar-refractivity contribution in [3.63, 3.8) is 0 Å². The summed E-state index contributed by atoms with van der Waals surface area (Å²) >= 11 is 1.06. The molecule has 0 saturated carbocycles. The SMILES string of the molecule is NS(=O)(=O)c1ccc2nc(NC(=O)CN3C(=O)CCC3=O)sc2c1. The van der Waals surface area contributed by atoms with Gasteiger partial charge in [-0.3, -0.25) is 19.3 Å². The molecule has 0 aliphatic carbocycles. The monoisotopic (exact) mass is 368 g/mol. The number of imide groups is 1. The molecule has 11 heteroatoms. The van der Waals surface area contributed by atoms with Crippen molar-refractivity contribution in [2.75, 3.05) is 11.9 Å². The van der Waals surface area contributed by atoms with Crippen LogP contribution in [0.25, 0.3) is 10.2 Å². The first kappa shape index (κ1) is 16.5. The number of rotatable bonds is 4. The first-order valence-corrected chi connectivity index (χ1v) is 9.17. The minimum Gasteiger partial charge on any atom is -0.300 e. The van der Waals surface area contributed by atoms with Crippen molar-refractivity contribution in [3.05, 3.63) is 18.2 Å². The minimum atomic E-state index is -3.83. The van der Waals surface area contributed by atoms with E-state index in [9.17, 15) is 22.8 Å². The zero-order valence-corrected chi connectivity index (χ0v) is 13.8. The number of thiazole rings is 1. The minimum absolute atomic E-state index is 0.0511. The van der Waals surface area contributed by atoms with E-state index in [4.69, 9.17) is 5.14 Å². The van der Waals surface area contributed by atoms with Gasteiger partial charge in [0.15, 0.2) is 5.13 Å². The standard InChI is InChI=1S/C13H12N4O5S2/c14-24(21,22)7-1-2-8-9(5-7)23-13(15-8)16-10(18)6-17-11(19)3-4-12(17)20/h1-2,5H,3-4,6H2,(H2,14,21,22)(H,15,16,18). The topological polar surface area (TPSA) is 140 Å². The van der Waals surface area contributed by atoms with Gasteiger partial charge >= 0.3 is 0 Å². The number of carbonyl (C=O) groups is 3. The number of likely N-dealkylation sites (tertiary alicyclic amines) is 1. The number of benzene rings is 1. The van der Waals surface area contributed by atoms with Gasteiger partial charge in [0, 0.05) is 12.8 Å². The van der Waals surface area contributed by atoms with Crippen LogP contribution in [0, 0.1) is 0 Å². The number of carbonyl (C=O) groups excluding carboxylic acids is 3. The number of nitrogens with zero attached hydrogens (tertiary/aromatic N) is 2. The molecule has 1 fully saturated rings. The Labute approximate surface area is 140 Å². The molecule has 0 unspecified atom stereocenters. The van der Waals surface area contributed by atoms with Crippen LogP contribution in [-0.4, -0.2) is 42.6 Å². The fourth-order valence-electron chi connectivity index (χ4n) is 2.24. The maximum atomic E-state index is 12.0. The summed E-state index contributed by atoms with van der Waals surface area (Å²) in [7, 11) is -3.83. The van der Waals surface area contributed by atoms with Crippen LogP contribution in [0.1, 0.15) is 12.8 Å². The van der Waals surface area contributed by atoms with Crippen LogP contribution in [0.5, 0.6) is 0 Å². The van der Waals surface area contributed by atoms with Gasteiger partial charge in [-0.15, -0.1) is 0 Å². The van der Waals surface area contributed by atoms with Crippen molar-refractivity contribution in [2.24, 2.45) is 5.14 Å². The van der Waals surface area contributed by atoms with Crippen LogP contribution >= 0.6 is 11.3 Å². The molecule has 1 aliphatic heterocycles. The number of sulfonamides is 1. The van der Waals surface area contributed by atoms with Gasteiger partial charge in [0.2, 0.25) is 27.7 Å². The summed E-state index contributed by atoms with van der Waals surface area (Å²) in [5.41, 5.74) is 0.496. The lowest BCUT2D eigenvalue weighted by Crippen LogP contribution is -2.36. The molecular formula is C13H12N4O5S2. The molecule has 0 spiro atoms. The summed E-state index contributed by atoms with van der Waals surface area (Å²) in [6.07, 6.45) is 0.229. The maximum absolute atomic E-state index is 12.0. The Morgan fingerprint density at radius 3 is 2.58 bits per heavy atom. The Kier molecular flexibility index (Phi) is 4.07. The summed E-state index contributed by atoms with van der Waals surface area (Å²) in [5.74, 6) is -1.31. The Hall–Kier alpha value is -2.37. The maximum Gasteiger partial charge on any atom is 0.246 e. The van der Waals surface area contributed by atoms with E-state index in [0.29, 0.717) is 10.2 Å². The lowest BCUT2D eigenvalue weighted by Gasteiger charge is -2.12. The first-order valence-electron chi connectivity index (χ1n) is 6.80. The van der Waals surface area contributed by atoms with Gasteiger partial charge in [-0.05, 0) is 18.2 Å². The summed E-state index contributed by atoms with van der Waals surface area (Å²) in [4.78, 5) is 39.9. The van der Waals surface area contributed by atoms with E-state index >= 15 is 0 Å². The molecular weight excluding hydrogens is 356 g/mol. The summed E-state index contributed by atoms with van der Waals surface area (Å²) < 4.78 is 23.2. The van der Waals surface area contributed by atoms with Gasteiger partial charge in [-0.1, -0.05) is 11.3 Å². The predicted molar refractivity (Wildman–Crippen MR) is 85.6 cm³/mol. The van der Waals surface area contributed by atoms with Gasteiger partial charge in [0.05, 0.1) is 15.1 Å². The predicted octanol–water partition coefficient (Wildman–Crippen LogP) is 0.0312. The third-order valence-corrected chi connectivity index (χ3v) is 5.24. The molecule has 1 aliphatic rings. The average molecular weight is 368 g/mol. The van der Waals surface area contributed by atoms with Crippen molar-refractivity contribution in [2.45, 2.75) is 17.7 Å². The fraction of sp³-hybridized carbons (Fsp3) is 0.231. The molecule has 24 heavy (non-hydrogen) atoms. The van der Waals surface area contributed by atoms with Crippen LogP contribution in [0.15, 0.2) is 23.1 Å². The van der Waals surface area contributed by atoms with Crippen LogP contribution in [0.4, 0.5) is 5.13 Å². The summed E-state index contributed by atoms with van der Waals surface area (Å²) in [6.45, 7) is -0.365. The summed E-state index contributed by atoms with van der Waals surface area (Å²) in [6, 6.07) is 4.17. The molecule has 1 aromatic heterocycles. The number of hydrogen-bond acceptors (Lipinski definition) is 7. The number of fused-ring (bicyclic) bond motifs is 1. The molecule has 3 rings (SSSR count). The average Bonchev–Trinajstić information content (AvgIpc) is 3.02. The summed E-state index contributed by atoms with van der Waals surface area (Å²) in [5, 5.41) is 7.81. The second-order valence-electron chi connectivity index (χ2n) is 5.12. The second-order valence-corrected chi connectivity index (χ2v) is 7.71. The van der Waals surface area contributed by atoms with E-state index in [1.54, 1.807) is 0 Å². The number of anilines is 1. The Morgan fingerprint density at radius 2 is 1.96 bits per heavy atom. The normalized spacial score (nSPS) is 15.3. The van der Waals surface area contributed by atoms with E-state index in [0.717, 1.165) is 16.2 Å². The molecule has 0 atom stereocenters. The van der Waals surface area contributed by atoms with E-state index in [1.807, 2.05) is 0 Å². The smallest absolute Gasteiger partial charge is 0.246 e. The molecule has 126 valence electrons. The Bertz CT molecular complexity index is 950. The van der Waals surface area contributed by atoms with Gasteiger partial charge in [-0.2, -0.15) is 0 Å². The second kappa shape index (κ2) is 5.92. The molecule has 2 aromatic rings. The highest BCUT2D eigenvalue weighted by atomic mass is 32.2. The van der Waals surface area contributed by atoms with E-state index in [-0.39, 0.29) is 41.2 Å². The first-order chi connectivity index (χ1) is 11.2. The van der Waals surface area contributed by atoms with Crippen LogP contribution in [-0.2, 0) is 24.4 Å². The fourth-order valence-corrected chi connectivity index (χ4v) is 3.77. The highest BCUT2D eigenvalue weighted by Gasteiger charge is 2.30. The largest absolute Gasteiger partial charge is 0.300 e. The quantitative estimate of drug-likeness (QED) is 0.730. The Morgan fingerprint density at radius 1 is 1.29 bits per heavy atom. The van der Waals surface area contributed by atoms with E-state index in [1.165, 1.54) is 18.2 Å². The molecule has 1 aromatic carbocycles. The van der Waals surface area contributed by atoms with Crippen molar-refractivity contribution in [1.82, 2.24) is 9.88 Å². The number of amides is 3. The lowest BCUT2D eigenvalue weighted by molar-refractivity contribution is -0.141. The molecule has 0 bridgehead atoms. The third-order valence-electron chi connectivity index (χ3n) is 3.39. The van der Waals surface area contributed by atoms with Gasteiger partial charge in [0.25, 0.3) is 0 Å². The molecule has 3 N–H and O–H groups in total. The highest BCUT2D eigenvalue weighted by molar-refractivity contribution is 7.89. The molecule has 9 nitrogen and oxygen atoms in total. The number of primary sulfonamides is 1. The highest BCUT2D eigenvalue weighted by Crippen LogP contribution is 2.28. The van der Waals surface area contributed by atoms with Crippen molar-refractivity contribution >= 4 is 54.4 Å². The van der Waals surface area contributed by atoms with Gasteiger partial charge in [-0.25, -0.2) is 18.5 Å². The van der Waals surface area contributed by atoms with E-state index in [2.05, 4.69) is 10.3 Å². The van der Waals surface area contributed by atoms with Gasteiger partial charge in [0.1, 0.15) is 6.54 Å². The number of nitrogens with one attached hydrogen (secondary N) is 1. The zero-order valence-electron chi connectivity index (χ0n) is 12.2. The van der Waals surface area contributed by atoms with E-state index < -0.39 is 15.9 Å². The van der Waals surface area contributed by atoms with Crippen molar-refractivity contribution < 1.29 is 22.8 Å². The molecule has 3 amide bonds. The molecule has 2 heterocycles. The van der Waals surface area contributed by atoms with Crippen LogP contribution < -0.4 is 10.5 Å². The number of hydrogen-bond donors (Lipinski definition) is 2. The van der Waals surface area contributed by atoms with Crippen LogP contribution in [0.3, 0.4) is 0 Å².